The van der Waals surface area contributed by atoms with Gasteiger partial charge >= 0.3 is 5.97 Å². The van der Waals surface area contributed by atoms with Crippen molar-refractivity contribution in [2.75, 3.05) is 7.05 Å². The highest BCUT2D eigenvalue weighted by Crippen LogP contribution is 2.37. The quantitative estimate of drug-likeness (QED) is 0.906. The Labute approximate surface area is 125 Å². The molecule has 1 N–H and O–H groups in total. The number of carboxylic acids is 1. The maximum absolute atomic E-state index is 12.7. The van der Waals surface area contributed by atoms with E-state index in [1.54, 1.807) is 27.0 Å². The van der Waals surface area contributed by atoms with Crippen LogP contribution < -0.4 is 0 Å². The van der Waals surface area contributed by atoms with Crippen molar-refractivity contribution in [1.82, 2.24) is 4.31 Å². The molecule has 1 aromatic carbocycles. The zero-order valence-corrected chi connectivity index (χ0v) is 13.6. The summed E-state index contributed by atoms with van der Waals surface area (Å²) in [5.41, 5.74) is 1.18. The molecular formula is C15H21NO4S. The molecule has 1 aliphatic carbocycles. The molecule has 0 bridgehead atoms. The van der Waals surface area contributed by atoms with Crippen molar-refractivity contribution in [3.8, 4) is 0 Å². The molecule has 0 aliphatic heterocycles. The lowest BCUT2D eigenvalue weighted by atomic mass is 10.1. The van der Waals surface area contributed by atoms with Gasteiger partial charge in [0.1, 0.15) is 0 Å². The number of rotatable bonds is 5. The molecule has 0 amide bonds. The van der Waals surface area contributed by atoms with E-state index < -0.39 is 16.0 Å². The topological polar surface area (TPSA) is 74.7 Å². The maximum atomic E-state index is 12.7. The third-order valence-electron chi connectivity index (χ3n) is 4.29. The largest absolute Gasteiger partial charge is 0.478 e. The van der Waals surface area contributed by atoms with Crippen LogP contribution in [0.3, 0.4) is 0 Å². The molecule has 0 saturated heterocycles. The molecule has 6 heteroatoms. The Morgan fingerprint density at radius 3 is 2.33 bits per heavy atom. The highest BCUT2D eigenvalue weighted by molar-refractivity contribution is 7.89. The van der Waals surface area contributed by atoms with E-state index in [2.05, 4.69) is 0 Å². The van der Waals surface area contributed by atoms with E-state index in [1.807, 2.05) is 6.92 Å². The van der Waals surface area contributed by atoms with Gasteiger partial charge in [0.05, 0.1) is 10.5 Å². The predicted octanol–water partition coefficient (Wildman–Crippen LogP) is 2.42. The summed E-state index contributed by atoms with van der Waals surface area (Å²) in [6, 6.07) is 2.83. The summed E-state index contributed by atoms with van der Waals surface area (Å²) in [4.78, 5) is 11.3. The number of sulfonamides is 1. The van der Waals surface area contributed by atoms with Gasteiger partial charge in [0, 0.05) is 13.1 Å². The minimum Gasteiger partial charge on any atom is -0.478 e. The van der Waals surface area contributed by atoms with E-state index in [1.165, 1.54) is 10.4 Å². The first-order valence-corrected chi connectivity index (χ1v) is 8.43. The molecule has 2 rings (SSSR count). The minimum atomic E-state index is -3.68. The molecule has 1 atom stereocenters. The number of benzene rings is 1. The molecule has 1 aromatic rings. The van der Waals surface area contributed by atoms with Crippen LogP contribution in [0.4, 0.5) is 0 Å². The molecule has 0 heterocycles. The average Bonchev–Trinajstić information content (AvgIpc) is 3.20. The van der Waals surface area contributed by atoms with Crippen LogP contribution in [0, 0.1) is 19.8 Å². The Balaban J connectivity index is 2.48. The monoisotopic (exact) mass is 311 g/mol. The van der Waals surface area contributed by atoms with Gasteiger partial charge in [-0.3, -0.25) is 0 Å². The maximum Gasteiger partial charge on any atom is 0.335 e. The van der Waals surface area contributed by atoms with Gasteiger partial charge in [-0.25, -0.2) is 13.2 Å². The Kier molecular flexibility index (Phi) is 4.13. The average molecular weight is 311 g/mol. The Hall–Kier alpha value is -1.40. The van der Waals surface area contributed by atoms with Gasteiger partial charge in [0.2, 0.25) is 10.0 Å². The molecule has 1 unspecified atom stereocenters. The molecule has 0 spiro atoms. The van der Waals surface area contributed by atoms with Crippen molar-refractivity contribution >= 4 is 16.0 Å². The standard InChI is InChI=1S/C15H21NO4S/c1-9-7-10(2)14(8-13(9)15(17)18)21(19,20)16(4)11(3)12-5-6-12/h7-8,11-12H,5-6H2,1-4H3,(H,17,18). The number of aromatic carboxylic acids is 1. The van der Waals surface area contributed by atoms with E-state index in [4.69, 9.17) is 0 Å². The highest BCUT2D eigenvalue weighted by atomic mass is 32.2. The number of carboxylic acid groups (broad SMARTS) is 1. The third-order valence-corrected chi connectivity index (χ3v) is 6.37. The first-order chi connectivity index (χ1) is 9.66. The SMILES string of the molecule is Cc1cc(C)c(S(=O)(=O)N(C)C(C)C2CC2)cc1C(=O)O. The molecule has 0 aromatic heterocycles. The summed E-state index contributed by atoms with van der Waals surface area (Å²) in [5, 5.41) is 9.18. The molecule has 21 heavy (non-hydrogen) atoms. The Morgan fingerprint density at radius 2 is 1.86 bits per heavy atom. The summed E-state index contributed by atoms with van der Waals surface area (Å²) >= 11 is 0. The van der Waals surface area contributed by atoms with Crippen LogP contribution in [0.2, 0.25) is 0 Å². The van der Waals surface area contributed by atoms with E-state index in [0.29, 0.717) is 17.0 Å². The molecule has 1 aliphatic rings. The lowest BCUT2D eigenvalue weighted by Gasteiger charge is -2.25. The van der Waals surface area contributed by atoms with E-state index in [9.17, 15) is 18.3 Å². The number of hydrogen-bond acceptors (Lipinski definition) is 3. The second-order valence-corrected chi connectivity index (χ2v) is 7.80. The molecule has 1 fully saturated rings. The first-order valence-electron chi connectivity index (χ1n) is 6.99. The molecule has 0 radical (unpaired) electrons. The minimum absolute atomic E-state index is 0.0339. The van der Waals surface area contributed by atoms with Gasteiger partial charge in [-0.15, -0.1) is 0 Å². The highest BCUT2D eigenvalue weighted by Gasteiger charge is 2.36. The van der Waals surface area contributed by atoms with Gasteiger partial charge in [-0.2, -0.15) is 4.31 Å². The van der Waals surface area contributed by atoms with Crippen molar-refractivity contribution in [2.24, 2.45) is 5.92 Å². The normalized spacial score (nSPS) is 17.0. The Morgan fingerprint density at radius 1 is 1.29 bits per heavy atom. The number of aryl methyl sites for hydroxylation is 2. The van der Waals surface area contributed by atoms with E-state index in [-0.39, 0.29) is 16.5 Å². The lowest BCUT2D eigenvalue weighted by Crippen LogP contribution is -2.36. The van der Waals surface area contributed by atoms with Gasteiger partial charge in [-0.1, -0.05) is 6.07 Å². The van der Waals surface area contributed by atoms with E-state index in [0.717, 1.165) is 12.8 Å². The molecule has 1 saturated carbocycles. The van der Waals surface area contributed by atoms with Crippen molar-refractivity contribution < 1.29 is 18.3 Å². The van der Waals surface area contributed by atoms with Crippen molar-refractivity contribution in [2.45, 2.75) is 44.6 Å². The fourth-order valence-electron chi connectivity index (χ4n) is 2.59. The van der Waals surface area contributed by atoms with Crippen molar-refractivity contribution in [3.63, 3.8) is 0 Å². The second kappa shape index (κ2) is 5.42. The van der Waals surface area contributed by atoms with Gasteiger partial charge < -0.3 is 5.11 Å². The van der Waals surface area contributed by atoms with Gasteiger partial charge in [0.25, 0.3) is 0 Å². The fourth-order valence-corrected chi connectivity index (χ4v) is 4.24. The molecule has 5 nitrogen and oxygen atoms in total. The zero-order chi connectivity index (χ0) is 15.9. The van der Waals surface area contributed by atoms with Crippen molar-refractivity contribution in [1.29, 1.82) is 0 Å². The van der Waals surface area contributed by atoms with Crippen LogP contribution in [0.25, 0.3) is 0 Å². The number of nitrogens with zero attached hydrogens (tertiary/aromatic N) is 1. The second-order valence-electron chi connectivity index (χ2n) is 5.84. The summed E-state index contributed by atoms with van der Waals surface area (Å²) in [6.45, 7) is 5.27. The first kappa shape index (κ1) is 16.0. The Bertz CT molecular complexity index is 677. The molecular weight excluding hydrogens is 290 g/mol. The van der Waals surface area contributed by atoms with Crippen LogP contribution in [0.1, 0.15) is 41.3 Å². The van der Waals surface area contributed by atoms with Crippen LogP contribution in [-0.4, -0.2) is 36.9 Å². The third kappa shape index (κ3) is 2.96. The fraction of sp³-hybridized carbons (Fsp3) is 0.533. The lowest BCUT2D eigenvalue weighted by molar-refractivity contribution is 0.0696. The van der Waals surface area contributed by atoms with Gasteiger partial charge in [0.15, 0.2) is 0 Å². The van der Waals surface area contributed by atoms with E-state index >= 15 is 0 Å². The molecule has 116 valence electrons. The van der Waals surface area contributed by atoms with Crippen molar-refractivity contribution in [3.05, 3.63) is 28.8 Å². The summed E-state index contributed by atoms with van der Waals surface area (Å²) < 4.78 is 26.9. The number of carbonyl (C=O) groups is 1. The summed E-state index contributed by atoms with van der Waals surface area (Å²) in [5.74, 6) is -0.698. The smallest absolute Gasteiger partial charge is 0.335 e. The van der Waals surface area contributed by atoms with Crippen LogP contribution in [0.5, 0.6) is 0 Å². The van der Waals surface area contributed by atoms with Crippen LogP contribution in [0.15, 0.2) is 17.0 Å². The summed E-state index contributed by atoms with van der Waals surface area (Å²) in [6.07, 6.45) is 2.10. The predicted molar refractivity (Wildman–Crippen MR) is 80.0 cm³/mol. The zero-order valence-electron chi connectivity index (χ0n) is 12.8. The van der Waals surface area contributed by atoms with Gasteiger partial charge in [-0.05, 0) is 56.7 Å². The van der Waals surface area contributed by atoms with Crippen LogP contribution in [-0.2, 0) is 10.0 Å². The number of hydrogen-bond donors (Lipinski definition) is 1. The summed E-state index contributed by atoms with van der Waals surface area (Å²) in [7, 11) is -2.11. The van der Waals surface area contributed by atoms with Crippen LogP contribution >= 0.6 is 0 Å².